The van der Waals surface area contributed by atoms with Crippen LogP contribution in [0.25, 0.3) is 0 Å². The molecule has 3 nitrogen and oxygen atoms in total. The zero-order valence-electron chi connectivity index (χ0n) is 12.4. The number of methoxy groups -OCH3 is 1. The van der Waals surface area contributed by atoms with Gasteiger partial charge in [-0.15, -0.1) is 0 Å². The maximum Gasteiger partial charge on any atom is 0.142 e. The molecule has 1 aliphatic heterocycles. The van der Waals surface area contributed by atoms with Crippen molar-refractivity contribution < 1.29 is 4.74 Å². The number of hydrogen-bond donors (Lipinski definition) is 2. The van der Waals surface area contributed by atoms with Gasteiger partial charge in [0, 0.05) is 11.7 Å². The molecule has 0 fully saturated rings. The third kappa shape index (κ3) is 3.13. The summed E-state index contributed by atoms with van der Waals surface area (Å²) in [5, 5.41) is 3.65. The quantitative estimate of drug-likeness (QED) is 0.842. The van der Waals surface area contributed by atoms with Crippen LogP contribution in [-0.2, 0) is 12.8 Å². The lowest BCUT2D eigenvalue weighted by Gasteiger charge is -2.28. The molecule has 0 bridgehead atoms. The van der Waals surface area contributed by atoms with E-state index in [-0.39, 0.29) is 0 Å². The Labute approximate surface area is 126 Å². The smallest absolute Gasteiger partial charge is 0.142 e. The molecule has 2 aromatic carbocycles. The first-order valence-electron chi connectivity index (χ1n) is 7.53. The summed E-state index contributed by atoms with van der Waals surface area (Å²) >= 11 is 0. The van der Waals surface area contributed by atoms with Crippen molar-refractivity contribution in [3.63, 3.8) is 0 Å². The highest BCUT2D eigenvalue weighted by atomic mass is 16.5. The van der Waals surface area contributed by atoms with Gasteiger partial charge in [-0.3, -0.25) is 0 Å². The summed E-state index contributed by atoms with van der Waals surface area (Å²) in [6.07, 6.45) is 4.44. The first-order valence-corrected chi connectivity index (χ1v) is 7.53. The van der Waals surface area contributed by atoms with Gasteiger partial charge in [0.05, 0.1) is 12.8 Å². The molecule has 110 valence electrons. The van der Waals surface area contributed by atoms with E-state index in [9.17, 15) is 0 Å². The van der Waals surface area contributed by atoms with Crippen LogP contribution in [0.5, 0.6) is 5.75 Å². The van der Waals surface area contributed by atoms with Crippen molar-refractivity contribution in [2.24, 2.45) is 0 Å². The van der Waals surface area contributed by atoms with E-state index in [2.05, 4.69) is 29.6 Å². The van der Waals surface area contributed by atoms with Crippen molar-refractivity contribution in [3.8, 4) is 5.75 Å². The molecule has 21 heavy (non-hydrogen) atoms. The van der Waals surface area contributed by atoms with E-state index in [1.54, 1.807) is 7.11 Å². The average Bonchev–Trinajstić information content (AvgIpc) is 2.52. The lowest BCUT2D eigenvalue weighted by Crippen LogP contribution is -2.26. The van der Waals surface area contributed by atoms with E-state index < -0.39 is 0 Å². The van der Waals surface area contributed by atoms with Gasteiger partial charge < -0.3 is 15.8 Å². The Kier molecular flexibility index (Phi) is 4.00. The molecule has 1 aliphatic rings. The fraction of sp³-hybridized carbons (Fsp3) is 0.333. The summed E-state index contributed by atoms with van der Waals surface area (Å²) < 4.78 is 5.46. The normalized spacial score (nSPS) is 16.9. The molecule has 3 heteroatoms. The van der Waals surface area contributed by atoms with Gasteiger partial charge in [0.2, 0.25) is 0 Å². The van der Waals surface area contributed by atoms with Gasteiger partial charge in [0.15, 0.2) is 0 Å². The van der Waals surface area contributed by atoms with Crippen LogP contribution in [0.1, 0.15) is 24.0 Å². The van der Waals surface area contributed by atoms with Crippen LogP contribution in [0.4, 0.5) is 11.4 Å². The highest BCUT2D eigenvalue weighted by molar-refractivity contribution is 5.64. The average molecular weight is 282 g/mol. The van der Waals surface area contributed by atoms with E-state index in [1.807, 2.05) is 18.2 Å². The highest BCUT2D eigenvalue weighted by Crippen LogP contribution is 2.34. The third-order valence-electron chi connectivity index (χ3n) is 4.18. The van der Waals surface area contributed by atoms with Gasteiger partial charge in [0.1, 0.15) is 5.75 Å². The second-order valence-electron chi connectivity index (χ2n) is 5.66. The summed E-state index contributed by atoms with van der Waals surface area (Å²) in [5.41, 5.74) is 10.5. The van der Waals surface area contributed by atoms with Crippen LogP contribution in [-0.4, -0.2) is 13.2 Å². The van der Waals surface area contributed by atoms with Gasteiger partial charge >= 0.3 is 0 Å². The number of para-hydroxylation sites is 1. The minimum absolute atomic E-state index is 0.496. The summed E-state index contributed by atoms with van der Waals surface area (Å²) in [6, 6.07) is 14.9. The first kappa shape index (κ1) is 13.8. The molecule has 3 N–H and O–H groups in total. The van der Waals surface area contributed by atoms with E-state index >= 15 is 0 Å². The number of aryl methyl sites for hydroxylation is 2. The Bertz CT molecular complexity index is 610. The van der Waals surface area contributed by atoms with Crippen molar-refractivity contribution in [1.82, 2.24) is 0 Å². The molecule has 1 atom stereocenters. The van der Waals surface area contributed by atoms with Gasteiger partial charge in [-0.2, -0.15) is 0 Å². The molecule has 0 saturated heterocycles. The van der Waals surface area contributed by atoms with Crippen LogP contribution in [0.2, 0.25) is 0 Å². The molecule has 0 unspecified atom stereocenters. The van der Waals surface area contributed by atoms with Crippen LogP contribution < -0.4 is 15.8 Å². The predicted octanol–water partition coefficient (Wildman–Crippen LogP) is 3.64. The Morgan fingerprint density at radius 2 is 2.10 bits per heavy atom. The minimum atomic E-state index is 0.496. The molecule has 0 aliphatic carbocycles. The Morgan fingerprint density at radius 3 is 2.90 bits per heavy atom. The monoisotopic (exact) mass is 282 g/mol. The highest BCUT2D eigenvalue weighted by Gasteiger charge is 2.20. The van der Waals surface area contributed by atoms with Gasteiger partial charge in [-0.05, 0) is 55.0 Å². The molecule has 1 heterocycles. The van der Waals surface area contributed by atoms with Crippen molar-refractivity contribution >= 4 is 11.4 Å². The second kappa shape index (κ2) is 6.08. The largest absolute Gasteiger partial charge is 0.495 e. The first-order chi connectivity index (χ1) is 10.3. The zero-order valence-corrected chi connectivity index (χ0v) is 12.4. The number of hydrogen-bond acceptors (Lipinski definition) is 3. The summed E-state index contributed by atoms with van der Waals surface area (Å²) in [4.78, 5) is 0. The summed E-state index contributed by atoms with van der Waals surface area (Å²) in [6.45, 7) is 0. The topological polar surface area (TPSA) is 47.3 Å². The number of benzene rings is 2. The van der Waals surface area contributed by atoms with Crippen molar-refractivity contribution in [1.29, 1.82) is 0 Å². The molecule has 0 amide bonds. The van der Waals surface area contributed by atoms with Crippen molar-refractivity contribution in [3.05, 3.63) is 53.6 Å². The number of anilines is 2. The van der Waals surface area contributed by atoms with Gasteiger partial charge in [0.25, 0.3) is 0 Å². The van der Waals surface area contributed by atoms with Gasteiger partial charge in [-0.1, -0.05) is 24.3 Å². The predicted molar refractivity (Wildman–Crippen MR) is 87.9 cm³/mol. The summed E-state index contributed by atoms with van der Waals surface area (Å²) in [7, 11) is 1.73. The van der Waals surface area contributed by atoms with E-state index in [0.29, 0.717) is 6.04 Å². The molecule has 3 rings (SSSR count). The standard InChI is InChI=1S/C18H22N2O/c1-21-17-7-3-5-14-9-11-16(20-18(14)17)10-8-13-4-2-6-15(19)12-13/h2-7,12,16,20H,8-11,19H2,1H3/t16-/m1/s1. The lowest BCUT2D eigenvalue weighted by molar-refractivity contribution is 0.413. The van der Waals surface area contributed by atoms with Crippen LogP contribution >= 0.6 is 0 Å². The minimum Gasteiger partial charge on any atom is -0.495 e. The molecule has 0 spiro atoms. The van der Waals surface area contributed by atoms with Crippen molar-refractivity contribution in [2.45, 2.75) is 31.7 Å². The van der Waals surface area contributed by atoms with Crippen LogP contribution in [0.15, 0.2) is 42.5 Å². The van der Waals surface area contributed by atoms with Crippen LogP contribution in [0.3, 0.4) is 0 Å². The number of rotatable bonds is 4. The molecular weight excluding hydrogens is 260 g/mol. The lowest BCUT2D eigenvalue weighted by atomic mass is 9.93. The fourth-order valence-corrected chi connectivity index (χ4v) is 3.03. The SMILES string of the molecule is COc1cccc2c1N[C@H](CCc1cccc(N)c1)CC2. The Morgan fingerprint density at radius 1 is 1.24 bits per heavy atom. The van der Waals surface area contributed by atoms with E-state index in [1.165, 1.54) is 23.2 Å². The third-order valence-corrected chi connectivity index (χ3v) is 4.18. The molecular formula is C18H22N2O. The number of fused-ring (bicyclic) bond motifs is 1. The van der Waals surface area contributed by atoms with Crippen LogP contribution in [0, 0.1) is 0 Å². The number of ether oxygens (including phenoxy) is 1. The summed E-state index contributed by atoms with van der Waals surface area (Å²) in [5.74, 6) is 0.946. The molecule has 0 saturated carbocycles. The maximum atomic E-state index is 5.84. The van der Waals surface area contributed by atoms with Crippen molar-refractivity contribution in [2.75, 3.05) is 18.2 Å². The number of nitrogens with one attached hydrogen (secondary N) is 1. The number of nitrogens with two attached hydrogens (primary N) is 1. The van der Waals surface area contributed by atoms with Gasteiger partial charge in [-0.25, -0.2) is 0 Å². The van der Waals surface area contributed by atoms with E-state index in [4.69, 9.17) is 10.5 Å². The fourth-order valence-electron chi connectivity index (χ4n) is 3.03. The second-order valence-corrected chi connectivity index (χ2v) is 5.66. The maximum absolute atomic E-state index is 5.84. The zero-order chi connectivity index (χ0) is 14.7. The Hall–Kier alpha value is -2.16. The Balaban J connectivity index is 1.66. The molecule has 0 radical (unpaired) electrons. The molecule has 2 aromatic rings. The molecule has 0 aromatic heterocycles. The number of nitrogen functional groups attached to an aromatic ring is 1. The van der Waals surface area contributed by atoms with E-state index in [0.717, 1.165) is 30.7 Å².